The maximum atomic E-state index is 14.1. The molecule has 4 aliphatic rings. The van der Waals surface area contributed by atoms with E-state index in [1.165, 1.54) is 0 Å². The van der Waals surface area contributed by atoms with Gasteiger partial charge in [-0.15, -0.1) is 0 Å². The van der Waals surface area contributed by atoms with Gasteiger partial charge < -0.3 is 31.1 Å². The summed E-state index contributed by atoms with van der Waals surface area (Å²) in [6.07, 6.45) is 2.54. The standard InChI is InChI=1S/C32H44N4O7/c1-15(2)16-7-9-36(10-8-16)14-18-13-21(37)23-19(25(18)34(3)4)11-17-12-20-26(35(5)6)28(39)24(31(33)42)30(41)32(20,43)29(40)22(17)27(23)38/h13,15-17,20,26,37,39-40,43H,7-12,14H2,1-6H3,(H2,33,42)/t17-,20-,26-,32-/m0/s1. The highest BCUT2D eigenvalue weighted by Crippen LogP contribution is 2.53. The predicted octanol–water partition coefficient (Wildman–Crippen LogP) is 2.05. The van der Waals surface area contributed by atoms with Gasteiger partial charge in [0, 0.05) is 37.8 Å². The van der Waals surface area contributed by atoms with Gasteiger partial charge in [-0.1, -0.05) is 13.8 Å². The minimum absolute atomic E-state index is 0.0340. The monoisotopic (exact) mass is 596 g/mol. The molecule has 1 aliphatic heterocycles. The third kappa shape index (κ3) is 4.72. The molecule has 0 radical (unpaired) electrons. The zero-order chi connectivity index (χ0) is 31.7. The first-order chi connectivity index (χ1) is 20.1. The molecule has 1 aromatic rings. The van der Waals surface area contributed by atoms with Crippen LogP contribution in [0.15, 0.2) is 28.7 Å². The van der Waals surface area contributed by atoms with Crippen LogP contribution in [0.25, 0.3) is 0 Å². The number of Topliss-reactive ketones (excluding diaryl/α,β-unsaturated/α-hetero) is 2. The maximum absolute atomic E-state index is 14.1. The predicted molar refractivity (Wildman–Crippen MR) is 161 cm³/mol. The zero-order valence-corrected chi connectivity index (χ0v) is 25.8. The number of phenolic OH excluding ortho intramolecular Hbond substituents is 1. The van der Waals surface area contributed by atoms with E-state index in [2.05, 4.69) is 18.7 Å². The zero-order valence-electron chi connectivity index (χ0n) is 25.8. The Hall–Kier alpha value is -3.41. The van der Waals surface area contributed by atoms with Gasteiger partial charge in [0.2, 0.25) is 5.78 Å². The van der Waals surface area contributed by atoms with E-state index in [0.717, 1.165) is 37.2 Å². The number of amides is 1. The molecule has 4 atom stereocenters. The van der Waals surface area contributed by atoms with Crippen LogP contribution in [0.4, 0.5) is 5.69 Å². The first-order valence-corrected chi connectivity index (χ1v) is 15.0. The van der Waals surface area contributed by atoms with Crippen molar-refractivity contribution in [3.63, 3.8) is 0 Å². The number of carbonyl (C=O) groups excluding carboxylic acids is 3. The van der Waals surface area contributed by atoms with Crippen molar-refractivity contribution < 1.29 is 34.8 Å². The second-order valence-electron chi connectivity index (χ2n) is 13.5. The Kier molecular flexibility index (Phi) is 7.90. The number of fused-ring (bicyclic) bond motifs is 3. The summed E-state index contributed by atoms with van der Waals surface area (Å²) >= 11 is 0. The topological polar surface area (TPSA) is 168 Å². The molecule has 1 heterocycles. The van der Waals surface area contributed by atoms with E-state index in [1.54, 1.807) is 25.1 Å². The summed E-state index contributed by atoms with van der Waals surface area (Å²) < 4.78 is 0. The Morgan fingerprint density at radius 1 is 1.12 bits per heavy atom. The maximum Gasteiger partial charge on any atom is 0.255 e. The molecule has 11 nitrogen and oxygen atoms in total. The molecule has 0 spiro atoms. The van der Waals surface area contributed by atoms with Gasteiger partial charge in [-0.2, -0.15) is 0 Å². The highest BCUT2D eigenvalue weighted by Gasteiger charge is 2.63. The van der Waals surface area contributed by atoms with Gasteiger partial charge in [-0.3, -0.25) is 24.2 Å². The summed E-state index contributed by atoms with van der Waals surface area (Å²) in [5.74, 6) is -5.14. The Labute approximate surface area is 252 Å². The SMILES string of the molecule is CC(C)C1CCN(Cc2cc(O)c3c(c2N(C)C)C[C@H]2C[C@H]4[C@H](N(C)C)C(O)=C(C(N)=O)C(=O)[C@@]4(O)C(O)=C2C3=O)CC1. The van der Waals surface area contributed by atoms with E-state index in [-0.39, 0.29) is 29.7 Å². The molecule has 11 heteroatoms. The minimum Gasteiger partial charge on any atom is -0.510 e. The number of nitrogens with two attached hydrogens (primary N) is 1. The number of piperidine rings is 1. The Morgan fingerprint density at radius 3 is 2.28 bits per heavy atom. The van der Waals surface area contributed by atoms with Crippen LogP contribution in [0.3, 0.4) is 0 Å². The molecule has 5 rings (SSSR count). The van der Waals surface area contributed by atoms with Crippen LogP contribution in [0.1, 0.15) is 54.6 Å². The molecule has 234 valence electrons. The number of hydrogen-bond donors (Lipinski definition) is 5. The van der Waals surface area contributed by atoms with Crippen molar-refractivity contribution in [2.24, 2.45) is 29.4 Å². The average Bonchev–Trinajstić information content (AvgIpc) is 2.90. The van der Waals surface area contributed by atoms with Crippen LogP contribution in [0.2, 0.25) is 0 Å². The average molecular weight is 597 g/mol. The first-order valence-electron chi connectivity index (χ1n) is 15.0. The lowest BCUT2D eigenvalue weighted by molar-refractivity contribution is -0.148. The van der Waals surface area contributed by atoms with Gasteiger partial charge >= 0.3 is 0 Å². The number of primary amides is 1. The third-order valence-electron chi connectivity index (χ3n) is 10.2. The van der Waals surface area contributed by atoms with Crippen molar-refractivity contribution in [3.8, 4) is 5.75 Å². The van der Waals surface area contributed by atoms with Crippen LogP contribution in [-0.4, -0.2) is 101 Å². The van der Waals surface area contributed by atoms with Crippen molar-refractivity contribution in [1.82, 2.24) is 9.80 Å². The van der Waals surface area contributed by atoms with Gasteiger partial charge in [0.15, 0.2) is 11.4 Å². The first kappa shape index (κ1) is 31.0. The van der Waals surface area contributed by atoms with Crippen molar-refractivity contribution >= 4 is 23.2 Å². The highest BCUT2D eigenvalue weighted by molar-refractivity contribution is 6.24. The number of ketones is 2. The fraction of sp³-hybridized carbons (Fsp3) is 0.594. The molecule has 43 heavy (non-hydrogen) atoms. The van der Waals surface area contributed by atoms with E-state index in [0.29, 0.717) is 23.9 Å². The summed E-state index contributed by atoms with van der Waals surface area (Å²) in [6.45, 7) is 7.02. The molecule has 6 N–H and O–H groups in total. The van der Waals surface area contributed by atoms with E-state index >= 15 is 0 Å². The number of hydrogen-bond acceptors (Lipinski definition) is 10. The summed E-state index contributed by atoms with van der Waals surface area (Å²) in [4.78, 5) is 45.6. The number of rotatable bonds is 6. The largest absolute Gasteiger partial charge is 0.510 e. The lowest BCUT2D eigenvalue weighted by Crippen LogP contribution is -2.63. The van der Waals surface area contributed by atoms with Crippen molar-refractivity contribution in [2.45, 2.75) is 57.7 Å². The molecule has 1 aromatic carbocycles. The number of likely N-dealkylation sites (N-methyl/N-ethyl adjacent to an activating group) is 1. The van der Waals surface area contributed by atoms with Gasteiger partial charge in [-0.05, 0) is 87.8 Å². The van der Waals surface area contributed by atoms with Crippen molar-refractivity contribution in [1.29, 1.82) is 0 Å². The summed E-state index contributed by atoms with van der Waals surface area (Å²) in [7, 11) is 7.02. The molecule has 0 bridgehead atoms. The summed E-state index contributed by atoms with van der Waals surface area (Å²) in [5, 5.41) is 45.6. The number of aliphatic hydroxyl groups excluding tert-OH is 2. The molecule has 1 fully saturated rings. The van der Waals surface area contributed by atoms with Crippen LogP contribution in [0.5, 0.6) is 5.75 Å². The van der Waals surface area contributed by atoms with E-state index < -0.39 is 58.0 Å². The Morgan fingerprint density at radius 2 is 1.74 bits per heavy atom. The molecule has 3 aliphatic carbocycles. The van der Waals surface area contributed by atoms with E-state index in [4.69, 9.17) is 5.73 Å². The lowest BCUT2D eigenvalue weighted by atomic mass is 9.58. The van der Waals surface area contributed by atoms with Crippen LogP contribution < -0.4 is 10.6 Å². The number of nitrogens with zero attached hydrogens (tertiary/aromatic N) is 3. The molecule has 1 amide bonds. The van der Waals surface area contributed by atoms with Crippen LogP contribution >= 0.6 is 0 Å². The molecule has 1 saturated heterocycles. The quantitative estimate of drug-likeness (QED) is 0.307. The molecular formula is C32H44N4O7. The second kappa shape index (κ2) is 10.9. The van der Waals surface area contributed by atoms with Gasteiger partial charge in [0.05, 0.1) is 11.6 Å². The van der Waals surface area contributed by atoms with Crippen molar-refractivity contribution in [2.75, 3.05) is 46.2 Å². The Balaban J connectivity index is 1.60. The van der Waals surface area contributed by atoms with Gasteiger partial charge in [0.1, 0.15) is 22.8 Å². The Bertz CT molecular complexity index is 1440. The number of aromatic hydroxyl groups is 1. The number of anilines is 1. The minimum atomic E-state index is -2.65. The number of allylic oxidation sites excluding steroid dienone is 1. The third-order valence-corrected chi connectivity index (χ3v) is 10.2. The molecular weight excluding hydrogens is 552 g/mol. The second-order valence-corrected chi connectivity index (χ2v) is 13.5. The van der Waals surface area contributed by atoms with Crippen molar-refractivity contribution in [3.05, 3.63) is 45.4 Å². The van der Waals surface area contributed by atoms with Crippen LogP contribution in [-0.2, 0) is 22.6 Å². The van der Waals surface area contributed by atoms with Crippen LogP contribution in [0, 0.1) is 23.7 Å². The number of carbonyl (C=O) groups is 3. The van der Waals surface area contributed by atoms with E-state index in [9.17, 15) is 34.8 Å². The fourth-order valence-electron chi connectivity index (χ4n) is 8.07. The molecule has 0 aromatic heterocycles. The van der Waals surface area contributed by atoms with Gasteiger partial charge in [-0.25, -0.2) is 0 Å². The lowest BCUT2D eigenvalue weighted by Gasteiger charge is -2.50. The van der Waals surface area contributed by atoms with Gasteiger partial charge in [0.25, 0.3) is 5.91 Å². The molecule has 0 unspecified atom stereocenters. The number of phenols is 1. The number of aliphatic hydroxyl groups is 3. The summed E-state index contributed by atoms with van der Waals surface area (Å²) in [5.41, 5.74) is 4.21. The molecule has 0 saturated carbocycles. The smallest absolute Gasteiger partial charge is 0.255 e. The highest BCUT2D eigenvalue weighted by atomic mass is 16.3. The number of likely N-dealkylation sites (tertiary alicyclic amines) is 1. The normalized spacial score (nSPS) is 28.3. The van der Waals surface area contributed by atoms with E-state index in [1.807, 2.05) is 19.0 Å². The fourth-order valence-corrected chi connectivity index (χ4v) is 8.07. The number of benzene rings is 1. The summed E-state index contributed by atoms with van der Waals surface area (Å²) in [6, 6.07) is 0.589.